The Morgan fingerprint density at radius 3 is 2.59 bits per heavy atom. The predicted molar refractivity (Wildman–Crippen MR) is 168 cm³/mol. The van der Waals surface area contributed by atoms with E-state index in [2.05, 4.69) is 47.3 Å². The molecule has 44 heavy (non-hydrogen) atoms. The summed E-state index contributed by atoms with van der Waals surface area (Å²) in [5.41, 5.74) is 5.18. The summed E-state index contributed by atoms with van der Waals surface area (Å²) in [7, 11) is 3.40. The van der Waals surface area contributed by atoms with Crippen molar-refractivity contribution in [1.29, 1.82) is 0 Å². The Bertz CT molecular complexity index is 1570. The zero-order chi connectivity index (χ0) is 31.0. The zero-order valence-corrected chi connectivity index (χ0v) is 26.4. The van der Waals surface area contributed by atoms with E-state index < -0.39 is 6.04 Å². The van der Waals surface area contributed by atoms with Gasteiger partial charge in [0.25, 0.3) is 0 Å². The molecular weight excluding hydrogens is 580 g/mol. The molecule has 2 fully saturated rings. The summed E-state index contributed by atoms with van der Waals surface area (Å²) in [6.07, 6.45) is 9.03. The Kier molecular flexibility index (Phi) is 8.50. The van der Waals surface area contributed by atoms with Gasteiger partial charge in [-0.1, -0.05) is 37.6 Å². The number of nitrogens with one attached hydrogen (secondary N) is 1. The molecule has 3 heterocycles. The van der Waals surface area contributed by atoms with Crippen molar-refractivity contribution in [3.05, 3.63) is 82.2 Å². The number of benzene rings is 1. The molecular formula is C33H39ClN6O4. The van der Waals surface area contributed by atoms with Gasteiger partial charge in [-0.2, -0.15) is 0 Å². The van der Waals surface area contributed by atoms with E-state index in [0.717, 1.165) is 46.5 Å². The van der Waals surface area contributed by atoms with Gasteiger partial charge < -0.3 is 24.3 Å². The predicted octanol–water partition coefficient (Wildman–Crippen LogP) is 4.86. The van der Waals surface area contributed by atoms with Gasteiger partial charge in [0.2, 0.25) is 5.91 Å². The number of amides is 2. The first-order valence-electron chi connectivity index (χ1n) is 15.1. The number of halogens is 1. The Morgan fingerprint density at radius 1 is 1.16 bits per heavy atom. The number of aromatic nitrogens is 3. The molecule has 10 nitrogen and oxygen atoms in total. The highest BCUT2D eigenvalue weighted by molar-refractivity contribution is 6.30. The molecule has 11 heteroatoms. The number of fused-ring (bicyclic) bond motifs is 2. The van der Waals surface area contributed by atoms with Crippen LogP contribution in [0.25, 0.3) is 11.6 Å². The maximum Gasteiger partial charge on any atom is 0.410 e. The number of imidazole rings is 1. The minimum absolute atomic E-state index is 0.0736. The van der Waals surface area contributed by atoms with Crippen molar-refractivity contribution < 1.29 is 19.1 Å². The lowest BCUT2D eigenvalue weighted by Gasteiger charge is -2.40. The average Bonchev–Trinajstić information content (AvgIpc) is 3.70. The van der Waals surface area contributed by atoms with Crippen molar-refractivity contribution in [2.45, 2.75) is 44.4 Å². The van der Waals surface area contributed by atoms with Crippen LogP contribution in [0.3, 0.4) is 0 Å². The topological polar surface area (TPSA) is 102 Å². The van der Waals surface area contributed by atoms with E-state index >= 15 is 0 Å². The van der Waals surface area contributed by atoms with Gasteiger partial charge >= 0.3 is 6.09 Å². The Morgan fingerprint density at radius 2 is 1.93 bits per heavy atom. The van der Waals surface area contributed by atoms with Gasteiger partial charge in [-0.3, -0.25) is 14.7 Å². The fourth-order valence-corrected chi connectivity index (χ4v) is 6.58. The van der Waals surface area contributed by atoms with Gasteiger partial charge in [0.1, 0.15) is 12.2 Å². The number of carbonyl (C=O) groups excluding carboxylic acids is 2. The van der Waals surface area contributed by atoms with Crippen LogP contribution >= 0.6 is 11.6 Å². The van der Waals surface area contributed by atoms with Crippen LogP contribution in [0.4, 0.5) is 4.79 Å². The maximum absolute atomic E-state index is 13.1. The monoisotopic (exact) mass is 618 g/mol. The van der Waals surface area contributed by atoms with Crippen LogP contribution in [0.2, 0.25) is 5.02 Å². The van der Waals surface area contributed by atoms with E-state index in [4.69, 9.17) is 26.1 Å². The lowest BCUT2D eigenvalue weighted by molar-refractivity contribution is -0.125. The van der Waals surface area contributed by atoms with E-state index in [1.54, 1.807) is 12.5 Å². The molecule has 0 bridgehead atoms. The number of methoxy groups -OCH3 is 1. The highest BCUT2D eigenvalue weighted by Gasteiger charge is 2.50. The number of nitrogens with zero attached hydrogens (tertiary/aromatic N) is 5. The minimum Gasteiger partial charge on any atom is -0.443 e. The molecule has 1 saturated heterocycles. The van der Waals surface area contributed by atoms with Crippen molar-refractivity contribution >= 4 is 35.3 Å². The summed E-state index contributed by atoms with van der Waals surface area (Å²) < 4.78 is 13.0. The molecule has 2 aromatic heterocycles. The molecule has 3 aromatic rings. The fourth-order valence-electron chi connectivity index (χ4n) is 6.41. The van der Waals surface area contributed by atoms with Gasteiger partial charge in [-0.25, -0.2) is 9.78 Å². The Labute approximate surface area is 263 Å². The average molecular weight is 619 g/mol. The molecule has 1 saturated carbocycles. The Balaban J connectivity index is 1.36. The molecule has 232 valence electrons. The first-order valence-corrected chi connectivity index (χ1v) is 15.5. The number of hydrogen-bond acceptors (Lipinski definition) is 7. The van der Waals surface area contributed by atoms with Gasteiger partial charge in [0.05, 0.1) is 36.0 Å². The van der Waals surface area contributed by atoms with Gasteiger partial charge in [0.15, 0.2) is 0 Å². The molecule has 1 aromatic carbocycles. The first-order chi connectivity index (χ1) is 21.2. The minimum atomic E-state index is -0.531. The van der Waals surface area contributed by atoms with Crippen molar-refractivity contribution in [3.63, 3.8) is 0 Å². The van der Waals surface area contributed by atoms with E-state index in [1.807, 2.05) is 40.9 Å². The molecule has 1 N–H and O–H groups in total. The van der Waals surface area contributed by atoms with Gasteiger partial charge in [0, 0.05) is 51.6 Å². The second-order valence-electron chi connectivity index (χ2n) is 12.2. The third kappa shape index (κ3) is 5.86. The van der Waals surface area contributed by atoms with E-state index in [0.29, 0.717) is 37.1 Å². The van der Waals surface area contributed by atoms with E-state index in [-0.39, 0.29) is 30.3 Å². The summed E-state index contributed by atoms with van der Waals surface area (Å²) in [4.78, 5) is 39.5. The smallest absolute Gasteiger partial charge is 0.410 e. The van der Waals surface area contributed by atoms with Crippen LogP contribution in [-0.4, -0.2) is 81.8 Å². The molecule has 0 radical (unpaired) electrons. The number of aryl methyl sites for hydroxylation is 1. The number of ether oxygens (including phenoxy) is 2. The first kappa shape index (κ1) is 30.3. The van der Waals surface area contributed by atoms with Gasteiger partial charge in [-0.15, -0.1) is 0 Å². The SMILES string of the molecule is COCC(=O)N[C@H](C1=Cc2cccnc2[C@@H](N2CCN(C(=O)OC3(C(C)C)CC3)CC2)c2ccc(Cl)cc21)c1cncn1C. The number of pyridine rings is 1. The molecule has 2 aliphatic carbocycles. The zero-order valence-electron chi connectivity index (χ0n) is 25.6. The molecule has 6 rings (SSSR count). The third-order valence-electron chi connectivity index (χ3n) is 9.13. The molecule has 1 aliphatic heterocycles. The van der Waals surface area contributed by atoms with E-state index in [1.165, 1.54) is 7.11 Å². The largest absolute Gasteiger partial charge is 0.443 e. The van der Waals surface area contributed by atoms with Crippen molar-refractivity contribution in [3.8, 4) is 0 Å². The summed E-state index contributed by atoms with van der Waals surface area (Å²) in [5, 5.41) is 3.75. The highest BCUT2D eigenvalue weighted by Crippen LogP contribution is 2.47. The van der Waals surface area contributed by atoms with Crippen LogP contribution in [0.5, 0.6) is 0 Å². The number of hydrogen-bond donors (Lipinski definition) is 1. The molecule has 2 atom stereocenters. The van der Waals surface area contributed by atoms with E-state index in [9.17, 15) is 9.59 Å². The van der Waals surface area contributed by atoms with Crippen LogP contribution in [0.1, 0.15) is 66.9 Å². The fraction of sp³-hybridized carbons (Fsp3) is 0.455. The third-order valence-corrected chi connectivity index (χ3v) is 9.36. The molecule has 2 amide bonds. The maximum atomic E-state index is 13.1. The lowest BCUT2D eigenvalue weighted by atomic mass is 9.89. The van der Waals surface area contributed by atoms with Crippen molar-refractivity contribution in [2.75, 3.05) is 39.9 Å². The lowest BCUT2D eigenvalue weighted by Crippen LogP contribution is -2.51. The van der Waals surface area contributed by atoms with Crippen LogP contribution in [0.15, 0.2) is 49.1 Å². The van der Waals surface area contributed by atoms with Crippen LogP contribution in [-0.2, 0) is 21.3 Å². The van der Waals surface area contributed by atoms with Gasteiger partial charge in [-0.05, 0) is 65.3 Å². The summed E-state index contributed by atoms with van der Waals surface area (Å²) in [6, 6.07) is 9.16. The highest BCUT2D eigenvalue weighted by atomic mass is 35.5. The number of carbonyl (C=O) groups is 2. The number of piperazine rings is 1. The molecule has 0 spiro atoms. The Hall–Kier alpha value is -3.73. The molecule has 0 unspecified atom stereocenters. The normalized spacial score (nSPS) is 19.8. The number of rotatable bonds is 8. The molecule has 3 aliphatic rings. The standard InChI is InChI=1S/C33H39ClN6O4/c1-21(2)33(9-10-33)44-32(42)40-14-12-39(13-15-40)31-24-8-7-23(34)17-25(24)26(16-22-6-5-11-36-29(22)31)30(37-28(41)19-43-4)27-18-35-20-38(27)3/h5-8,11,16-18,20-21,30-31H,9-10,12-15,19H2,1-4H3,(H,37,41)/t30-,31+/m1/s1. The summed E-state index contributed by atoms with van der Waals surface area (Å²) in [6.45, 7) is 6.56. The van der Waals surface area contributed by atoms with Crippen molar-refractivity contribution in [1.82, 2.24) is 29.7 Å². The summed E-state index contributed by atoms with van der Waals surface area (Å²) in [5.74, 6) is 0.0598. The summed E-state index contributed by atoms with van der Waals surface area (Å²) >= 11 is 6.65. The second-order valence-corrected chi connectivity index (χ2v) is 12.6. The van der Waals surface area contributed by atoms with Crippen LogP contribution < -0.4 is 5.32 Å². The second kappa shape index (κ2) is 12.3. The quantitative estimate of drug-likeness (QED) is 0.385. The van der Waals surface area contributed by atoms with Crippen LogP contribution in [0, 0.1) is 5.92 Å². The van der Waals surface area contributed by atoms with Crippen molar-refractivity contribution in [2.24, 2.45) is 13.0 Å².